The number of carboxylic acid groups (broad SMARTS) is 1. The van der Waals surface area contributed by atoms with E-state index in [-0.39, 0.29) is 12.5 Å². The molecule has 1 saturated heterocycles. The van der Waals surface area contributed by atoms with Gasteiger partial charge in [0.15, 0.2) is 0 Å². The predicted octanol–water partition coefficient (Wildman–Crippen LogP) is 0.265. The maximum absolute atomic E-state index is 11.7. The van der Waals surface area contributed by atoms with Crippen LogP contribution in [-0.2, 0) is 9.59 Å². The van der Waals surface area contributed by atoms with Crippen molar-refractivity contribution in [1.29, 1.82) is 0 Å². The van der Waals surface area contributed by atoms with Gasteiger partial charge in [-0.05, 0) is 25.8 Å². The number of likely N-dealkylation sites (tertiary alicyclic amines) is 1. The van der Waals surface area contributed by atoms with E-state index >= 15 is 0 Å². The van der Waals surface area contributed by atoms with Gasteiger partial charge in [-0.3, -0.25) is 19.8 Å². The molecule has 1 aliphatic rings. The van der Waals surface area contributed by atoms with Crippen LogP contribution in [0.5, 0.6) is 0 Å². The number of carbonyl (C=O) groups is 3. The minimum Gasteiger partial charge on any atom is -0.481 e. The van der Waals surface area contributed by atoms with E-state index in [2.05, 4.69) is 10.6 Å². The number of nitrogens with zero attached hydrogens (tertiary/aromatic N) is 1. The van der Waals surface area contributed by atoms with Gasteiger partial charge in [0.05, 0.1) is 12.0 Å². The Labute approximate surface area is 118 Å². The number of nitrogens with one attached hydrogen (secondary N) is 2. The Morgan fingerprint density at radius 1 is 1.35 bits per heavy atom. The molecule has 114 valence electrons. The van der Waals surface area contributed by atoms with Gasteiger partial charge in [0.25, 0.3) is 0 Å². The summed E-state index contributed by atoms with van der Waals surface area (Å²) < 4.78 is 0. The molecular formula is C13H23N3O4. The van der Waals surface area contributed by atoms with E-state index in [0.717, 1.165) is 0 Å². The van der Waals surface area contributed by atoms with E-state index < -0.39 is 23.3 Å². The molecule has 1 rings (SSSR count). The Balaban J connectivity index is 2.54. The minimum atomic E-state index is -0.820. The van der Waals surface area contributed by atoms with E-state index in [1.807, 2.05) is 13.8 Å². The molecule has 1 aliphatic heterocycles. The van der Waals surface area contributed by atoms with Crippen LogP contribution in [0.4, 0.5) is 4.79 Å². The second kappa shape index (κ2) is 6.69. The van der Waals surface area contributed by atoms with Crippen LogP contribution in [0.1, 0.15) is 27.2 Å². The zero-order valence-electron chi connectivity index (χ0n) is 12.2. The van der Waals surface area contributed by atoms with Crippen molar-refractivity contribution in [2.45, 2.75) is 27.2 Å². The molecule has 1 fully saturated rings. The predicted molar refractivity (Wildman–Crippen MR) is 73.2 cm³/mol. The van der Waals surface area contributed by atoms with Crippen molar-refractivity contribution < 1.29 is 19.5 Å². The molecule has 0 aliphatic carbocycles. The second-order valence-corrected chi connectivity index (χ2v) is 5.48. The fourth-order valence-electron chi connectivity index (χ4n) is 2.52. The molecule has 3 N–H and O–H groups in total. The molecule has 7 heteroatoms. The lowest BCUT2D eigenvalue weighted by molar-refractivity contribution is -0.151. The number of carboxylic acids is 1. The van der Waals surface area contributed by atoms with Crippen molar-refractivity contribution in [3.05, 3.63) is 0 Å². The average molecular weight is 285 g/mol. The molecule has 0 spiro atoms. The normalized spacial score (nSPS) is 22.8. The summed E-state index contributed by atoms with van der Waals surface area (Å²) in [6.07, 6.45) is 0.522. The van der Waals surface area contributed by atoms with Gasteiger partial charge in [-0.15, -0.1) is 0 Å². The lowest BCUT2D eigenvalue weighted by Crippen LogP contribution is -2.45. The van der Waals surface area contributed by atoms with Crippen LogP contribution in [0.2, 0.25) is 0 Å². The first kappa shape index (κ1) is 16.4. The molecule has 1 unspecified atom stereocenters. The SMILES string of the molecule is CCNC(=O)NC(=O)CN1CCC(C(=O)O)(C(C)C)C1. The van der Waals surface area contributed by atoms with Gasteiger partial charge in [0.1, 0.15) is 0 Å². The largest absolute Gasteiger partial charge is 0.481 e. The third-order valence-electron chi connectivity index (χ3n) is 3.87. The molecule has 0 saturated carbocycles. The van der Waals surface area contributed by atoms with Crippen LogP contribution in [0.15, 0.2) is 0 Å². The van der Waals surface area contributed by atoms with Crippen LogP contribution < -0.4 is 10.6 Å². The third-order valence-corrected chi connectivity index (χ3v) is 3.87. The monoisotopic (exact) mass is 285 g/mol. The summed E-state index contributed by atoms with van der Waals surface area (Å²) in [5.41, 5.74) is -0.800. The number of carbonyl (C=O) groups excluding carboxylic acids is 2. The van der Waals surface area contributed by atoms with E-state index in [9.17, 15) is 19.5 Å². The van der Waals surface area contributed by atoms with Gasteiger partial charge in [0, 0.05) is 13.1 Å². The van der Waals surface area contributed by atoms with E-state index in [0.29, 0.717) is 26.1 Å². The quantitative estimate of drug-likeness (QED) is 0.673. The number of imide groups is 1. The van der Waals surface area contributed by atoms with E-state index in [1.165, 1.54) is 0 Å². The highest BCUT2D eigenvalue weighted by atomic mass is 16.4. The maximum Gasteiger partial charge on any atom is 0.321 e. The summed E-state index contributed by atoms with van der Waals surface area (Å²) in [5, 5.41) is 14.1. The van der Waals surface area contributed by atoms with Crippen molar-refractivity contribution in [3.8, 4) is 0 Å². The van der Waals surface area contributed by atoms with Gasteiger partial charge in [-0.2, -0.15) is 0 Å². The molecular weight excluding hydrogens is 262 g/mol. The molecule has 7 nitrogen and oxygen atoms in total. The number of amides is 3. The molecule has 1 atom stereocenters. The minimum absolute atomic E-state index is 0.00329. The van der Waals surface area contributed by atoms with Crippen molar-refractivity contribution in [2.75, 3.05) is 26.2 Å². The standard InChI is InChI=1S/C13H23N3O4/c1-4-14-12(20)15-10(17)7-16-6-5-13(8-16,9(2)3)11(18)19/h9H,4-8H2,1-3H3,(H,18,19)(H2,14,15,17,20). The Morgan fingerprint density at radius 2 is 2.00 bits per heavy atom. The molecule has 0 radical (unpaired) electrons. The maximum atomic E-state index is 11.7. The molecule has 1 heterocycles. The zero-order chi connectivity index (χ0) is 15.3. The first-order valence-electron chi connectivity index (χ1n) is 6.85. The molecule has 20 heavy (non-hydrogen) atoms. The molecule has 3 amide bonds. The number of hydrogen-bond donors (Lipinski definition) is 3. The number of rotatable bonds is 5. The second-order valence-electron chi connectivity index (χ2n) is 5.48. The van der Waals surface area contributed by atoms with Crippen LogP contribution in [0.25, 0.3) is 0 Å². The van der Waals surface area contributed by atoms with E-state index in [4.69, 9.17) is 0 Å². The fraction of sp³-hybridized carbons (Fsp3) is 0.769. The summed E-state index contributed by atoms with van der Waals surface area (Å²) in [5.74, 6) is -1.24. The van der Waals surface area contributed by atoms with Crippen LogP contribution in [0.3, 0.4) is 0 Å². The highest BCUT2D eigenvalue weighted by Crippen LogP contribution is 2.37. The van der Waals surface area contributed by atoms with Gasteiger partial charge < -0.3 is 10.4 Å². The van der Waals surface area contributed by atoms with Crippen LogP contribution in [-0.4, -0.2) is 54.1 Å². The Hall–Kier alpha value is -1.63. The topological polar surface area (TPSA) is 98.7 Å². The van der Waals surface area contributed by atoms with E-state index in [1.54, 1.807) is 11.8 Å². The first-order valence-corrected chi connectivity index (χ1v) is 6.85. The summed E-state index contributed by atoms with van der Waals surface area (Å²) in [4.78, 5) is 36.1. The molecule has 0 aromatic rings. The summed E-state index contributed by atoms with van der Waals surface area (Å²) >= 11 is 0. The highest BCUT2D eigenvalue weighted by molar-refractivity contribution is 5.95. The number of aliphatic carboxylic acids is 1. The van der Waals surface area contributed by atoms with Gasteiger partial charge in [0.2, 0.25) is 5.91 Å². The molecule has 0 aromatic heterocycles. The van der Waals surface area contributed by atoms with Crippen LogP contribution >= 0.6 is 0 Å². The molecule has 0 aromatic carbocycles. The summed E-state index contributed by atoms with van der Waals surface area (Å²) in [6, 6.07) is -0.523. The summed E-state index contributed by atoms with van der Waals surface area (Å²) in [7, 11) is 0. The number of urea groups is 1. The lowest BCUT2D eigenvalue weighted by Gasteiger charge is -2.28. The van der Waals surface area contributed by atoms with Gasteiger partial charge >= 0.3 is 12.0 Å². The molecule has 0 bridgehead atoms. The summed E-state index contributed by atoms with van der Waals surface area (Å²) in [6.45, 7) is 6.89. The lowest BCUT2D eigenvalue weighted by atomic mass is 9.76. The third kappa shape index (κ3) is 3.69. The Bertz CT molecular complexity index is 397. The highest BCUT2D eigenvalue weighted by Gasteiger charge is 2.47. The van der Waals surface area contributed by atoms with Crippen molar-refractivity contribution in [1.82, 2.24) is 15.5 Å². The Morgan fingerprint density at radius 3 is 2.45 bits per heavy atom. The van der Waals surface area contributed by atoms with Gasteiger partial charge in [-0.1, -0.05) is 13.8 Å². The average Bonchev–Trinajstić information content (AvgIpc) is 2.74. The zero-order valence-corrected chi connectivity index (χ0v) is 12.2. The smallest absolute Gasteiger partial charge is 0.321 e. The van der Waals surface area contributed by atoms with Gasteiger partial charge in [-0.25, -0.2) is 4.79 Å². The Kier molecular flexibility index (Phi) is 5.50. The number of hydrogen-bond acceptors (Lipinski definition) is 4. The van der Waals surface area contributed by atoms with Crippen molar-refractivity contribution in [2.24, 2.45) is 11.3 Å². The van der Waals surface area contributed by atoms with Crippen molar-refractivity contribution >= 4 is 17.9 Å². The first-order chi connectivity index (χ1) is 9.31. The van der Waals surface area contributed by atoms with Crippen LogP contribution in [0, 0.1) is 11.3 Å². The van der Waals surface area contributed by atoms with Crippen molar-refractivity contribution in [3.63, 3.8) is 0 Å². The fourth-order valence-corrected chi connectivity index (χ4v) is 2.52.